The summed E-state index contributed by atoms with van der Waals surface area (Å²) in [4.78, 5) is 56.2. The second-order valence-corrected chi connectivity index (χ2v) is 8.83. The first-order valence-corrected chi connectivity index (χ1v) is 10.7. The lowest BCUT2D eigenvalue weighted by molar-refractivity contribution is -0.384. The summed E-state index contributed by atoms with van der Waals surface area (Å²) in [6, 6.07) is 12.4. The van der Waals surface area contributed by atoms with Crippen molar-refractivity contribution in [3.05, 3.63) is 69.8 Å². The summed E-state index contributed by atoms with van der Waals surface area (Å²) >= 11 is 0. The first-order chi connectivity index (χ1) is 15.8. The molecule has 2 aromatic rings. The number of likely N-dealkylation sites (N-methyl/N-ethyl adjacent to an activating group) is 1. The standard InChI is InChI=1S/C23H23N5O5/c1-25-9-10-26-18-8-7-17(28(32)33)11-16(18)12-23(19(26)14-25)20(29)24-22(31)27(21(23)30)13-15-5-3-2-4-6-15/h2-8,11,19H,9-10,12-14H2,1H3,(H,24,29,31)/t19-,23+/m0/s1. The molecule has 33 heavy (non-hydrogen) atoms. The minimum absolute atomic E-state index is 0.0117. The third kappa shape index (κ3) is 3.25. The number of hydrogen-bond donors (Lipinski definition) is 1. The topological polar surface area (TPSA) is 116 Å². The Morgan fingerprint density at radius 2 is 1.88 bits per heavy atom. The van der Waals surface area contributed by atoms with Crippen molar-refractivity contribution in [2.75, 3.05) is 31.6 Å². The van der Waals surface area contributed by atoms with E-state index in [1.54, 1.807) is 6.07 Å². The molecule has 0 aromatic heterocycles. The monoisotopic (exact) mass is 449 g/mol. The Hall–Kier alpha value is -3.79. The number of rotatable bonds is 3. The zero-order chi connectivity index (χ0) is 23.3. The van der Waals surface area contributed by atoms with E-state index in [-0.39, 0.29) is 18.7 Å². The fraction of sp³-hybridized carbons (Fsp3) is 0.348. The molecule has 2 atom stereocenters. The quantitative estimate of drug-likeness (QED) is 0.429. The lowest BCUT2D eigenvalue weighted by atomic mass is 9.67. The number of nitro groups is 1. The maximum atomic E-state index is 14.0. The molecule has 1 N–H and O–H groups in total. The molecular formula is C23H23N5O5. The van der Waals surface area contributed by atoms with Gasteiger partial charge in [0, 0.05) is 43.9 Å². The van der Waals surface area contributed by atoms with Gasteiger partial charge in [-0.1, -0.05) is 30.3 Å². The van der Waals surface area contributed by atoms with Crippen molar-refractivity contribution in [1.29, 1.82) is 0 Å². The van der Waals surface area contributed by atoms with E-state index >= 15 is 0 Å². The molecule has 5 rings (SSSR count). The molecule has 1 spiro atoms. The molecule has 0 bridgehead atoms. The van der Waals surface area contributed by atoms with Gasteiger partial charge in [0.1, 0.15) is 0 Å². The zero-order valence-electron chi connectivity index (χ0n) is 18.1. The van der Waals surface area contributed by atoms with Gasteiger partial charge in [-0.25, -0.2) is 4.79 Å². The van der Waals surface area contributed by atoms with E-state index in [2.05, 4.69) is 10.2 Å². The average Bonchev–Trinajstić information content (AvgIpc) is 2.80. The summed E-state index contributed by atoms with van der Waals surface area (Å²) in [5.41, 5.74) is 0.436. The first-order valence-electron chi connectivity index (χ1n) is 10.7. The number of nitro benzene ring substituents is 1. The van der Waals surface area contributed by atoms with Crippen LogP contribution in [-0.4, -0.2) is 65.3 Å². The predicted octanol–water partition coefficient (Wildman–Crippen LogP) is 1.54. The van der Waals surface area contributed by atoms with Crippen molar-refractivity contribution >= 4 is 29.2 Å². The van der Waals surface area contributed by atoms with Crippen LogP contribution in [0.2, 0.25) is 0 Å². The Labute approximate surface area is 189 Å². The minimum atomic E-state index is -1.57. The Morgan fingerprint density at radius 1 is 1.12 bits per heavy atom. The molecule has 3 heterocycles. The third-order valence-electron chi connectivity index (χ3n) is 6.89. The van der Waals surface area contributed by atoms with Crippen LogP contribution in [0.5, 0.6) is 0 Å². The van der Waals surface area contributed by atoms with Gasteiger partial charge in [-0.05, 0) is 24.2 Å². The molecule has 4 amide bonds. The van der Waals surface area contributed by atoms with Crippen LogP contribution < -0.4 is 10.2 Å². The van der Waals surface area contributed by atoms with E-state index in [9.17, 15) is 24.5 Å². The van der Waals surface area contributed by atoms with Crippen molar-refractivity contribution in [3.8, 4) is 0 Å². The fourth-order valence-electron chi connectivity index (χ4n) is 5.22. The van der Waals surface area contributed by atoms with E-state index in [4.69, 9.17) is 0 Å². The number of imide groups is 2. The number of hydrogen-bond acceptors (Lipinski definition) is 7. The molecule has 0 unspecified atom stereocenters. The van der Waals surface area contributed by atoms with Crippen molar-refractivity contribution in [1.82, 2.24) is 15.1 Å². The number of nitrogens with zero attached hydrogens (tertiary/aromatic N) is 4. The number of fused-ring (bicyclic) bond motifs is 4. The number of urea groups is 1. The Bertz CT molecular complexity index is 1170. The molecule has 170 valence electrons. The van der Waals surface area contributed by atoms with Crippen LogP contribution in [0, 0.1) is 15.5 Å². The molecule has 2 aromatic carbocycles. The number of carbonyl (C=O) groups is 3. The molecule has 3 aliphatic rings. The van der Waals surface area contributed by atoms with Gasteiger partial charge >= 0.3 is 6.03 Å². The van der Waals surface area contributed by atoms with Crippen LogP contribution in [0.25, 0.3) is 0 Å². The number of anilines is 1. The van der Waals surface area contributed by atoms with Crippen molar-refractivity contribution in [2.45, 2.75) is 19.0 Å². The van der Waals surface area contributed by atoms with E-state index in [1.165, 1.54) is 12.1 Å². The lowest BCUT2D eigenvalue weighted by Gasteiger charge is -2.55. The summed E-state index contributed by atoms with van der Waals surface area (Å²) in [7, 11) is 1.93. The summed E-state index contributed by atoms with van der Waals surface area (Å²) in [5, 5.41) is 13.8. The Kier molecular flexibility index (Phi) is 4.89. The first kappa shape index (κ1) is 21.1. The molecular weight excluding hydrogens is 426 g/mol. The summed E-state index contributed by atoms with van der Waals surface area (Å²) < 4.78 is 0. The maximum absolute atomic E-state index is 14.0. The van der Waals surface area contributed by atoms with E-state index in [0.29, 0.717) is 25.2 Å². The molecule has 2 saturated heterocycles. The Morgan fingerprint density at radius 3 is 2.61 bits per heavy atom. The Balaban J connectivity index is 1.62. The molecule has 0 radical (unpaired) electrons. The van der Waals surface area contributed by atoms with Gasteiger partial charge in [-0.15, -0.1) is 0 Å². The highest BCUT2D eigenvalue weighted by molar-refractivity contribution is 6.20. The smallest absolute Gasteiger partial charge is 0.331 e. The number of carbonyl (C=O) groups excluding carboxylic acids is 3. The summed E-state index contributed by atoms with van der Waals surface area (Å²) in [6.07, 6.45) is -0.0117. The van der Waals surface area contributed by atoms with Crippen molar-refractivity contribution < 1.29 is 19.3 Å². The highest BCUT2D eigenvalue weighted by atomic mass is 16.6. The second-order valence-electron chi connectivity index (χ2n) is 8.83. The fourth-order valence-corrected chi connectivity index (χ4v) is 5.22. The molecule has 10 heteroatoms. The lowest BCUT2D eigenvalue weighted by Crippen LogP contribution is -2.74. The van der Waals surface area contributed by atoms with Crippen LogP contribution in [0.3, 0.4) is 0 Å². The molecule has 0 aliphatic carbocycles. The van der Waals surface area contributed by atoms with Gasteiger partial charge in [-0.3, -0.25) is 29.9 Å². The van der Waals surface area contributed by atoms with Crippen LogP contribution in [0.4, 0.5) is 16.2 Å². The van der Waals surface area contributed by atoms with Crippen LogP contribution in [0.1, 0.15) is 11.1 Å². The largest absolute Gasteiger partial charge is 0.364 e. The third-order valence-corrected chi connectivity index (χ3v) is 6.89. The van der Waals surface area contributed by atoms with Crippen LogP contribution in [0.15, 0.2) is 48.5 Å². The summed E-state index contributed by atoms with van der Waals surface area (Å²) in [6.45, 7) is 1.75. The van der Waals surface area contributed by atoms with Gasteiger partial charge in [0.2, 0.25) is 11.8 Å². The number of nitrogens with one attached hydrogen (secondary N) is 1. The number of barbiturate groups is 1. The maximum Gasteiger partial charge on any atom is 0.331 e. The number of amides is 4. The molecule has 10 nitrogen and oxygen atoms in total. The van der Waals surface area contributed by atoms with Crippen LogP contribution >= 0.6 is 0 Å². The van der Waals surface area contributed by atoms with Gasteiger partial charge in [0.25, 0.3) is 5.69 Å². The molecule has 2 fully saturated rings. The van der Waals surface area contributed by atoms with Gasteiger partial charge < -0.3 is 9.80 Å². The average molecular weight is 449 g/mol. The van der Waals surface area contributed by atoms with E-state index in [0.717, 1.165) is 16.2 Å². The normalized spacial score (nSPS) is 25.0. The van der Waals surface area contributed by atoms with Crippen LogP contribution in [-0.2, 0) is 22.6 Å². The van der Waals surface area contributed by atoms with Crippen molar-refractivity contribution in [3.63, 3.8) is 0 Å². The summed E-state index contributed by atoms with van der Waals surface area (Å²) in [5.74, 6) is -1.22. The van der Waals surface area contributed by atoms with E-state index in [1.807, 2.05) is 42.3 Å². The predicted molar refractivity (Wildman–Crippen MR) is 118 cm³/mol. The minimum Gasteiger partial charge on any atom is -0.364 e. The highest BCUT2D eigenvalue weighted by Crippen LogP contribution is 2.46. The van der Waals surface area contributed by atoms with Crippen molar-refractivity contribution in [2.24, 2.45) is 5.41 Å². The molecule has 0 saturated carbocycles. The molecule has 3 aliphatic heterocycles. The number of benzene rings is 2. The number of non-ortho nitro benzene ring substituents is 1. The zero-order valence-corrected chi connectivity index (χ0v) is 18.1. The van der Waals surface area contributed by atoms with E-state index < -0.39 is 34.2 Å². The highest BCUT2D eigenvalue weighted by Gasteiger charge is 2.62. The SMILES string of the molecule is CN1CCN2c3ccc([N+](=O)[O-])cc3C[C@]3(C(=O)NC(=O)N(Cc4ccccc4)C3=O)[C@@H]2C1. The van der Waals surface area contributed by atoms with Gasteiger partial charge in [0.05, 0.1) is 17.5 Å². The second kappa shape index (κ2) is 7.66. The van der Waals surface area contributed by atoms with Gasteiger partial charge in [-0.2, -0.15) is 0 Å². The number of piperazine rings is 1. The van der Waals surface area contributed by atoms with Gasteiger partial charge in [0.15, 0.2) is 5.41 Å².